The Labute approximate surface area is 52.1 Å². The van der Waals surface area contributed by atoms with Gasteiger partial charge in [0.1, 0.15) is 0 Å². The van der Waals surface area contributed by atoms with Crippen LogP contribution in [0, 0.1) is 0 Å². The van der Waals surface area contributed by atoms with Crippen molar-refractivity contribution in [3.05, 3.63) is 24.1 Å². The molecule has 0 atom stereocenters. The van der Waals surface area contributed by atoms with E-state index in [9.17, 15) is 0 Å². The Morgan fingerprint density at radius 3 is 3.00 bits per heavy atom. The minimum Gasteiger partial charge on any atom is -0.425 e. The lowest BCUT2D eigenvalue weighted by molar-refractivity contribution is 0.166. The first-order valence-corrected chi connectivity index (χ1v) is 2.50. The van der Waals surface area contributed by atoms with Crippen LogP contribution in [-0.2, 0) is 0 Å². The van der Waals surface area contributed by atoms with Crippen molar-refractivity contribution in [1.82, 2.24) is 9.71 Å². The Bertz CT molecular complexity index is 252. The van der Waals surface area contributed by atoms with Crippen LogP contribution in [0.1, 0.15) is 0 Å². The van der Waals surface area contributed by atoms with Crippen molar-refractivity contribution in [2.75, 3.05) is 7.05 Å². The fourth-order valence-corrected chi connectivity index (χ4v) is 0.516. The molecule has 0 fully saturated rings. The van der Waals surface area contributed by atoms with Crippen LogP contribution in [0.2, 0.25) is 0 Å². The molecule has 0 unspecified atom stereocenters. The second-order valence-corrected chi connectivity index (χ2v) is 1.49. The van der Waals surface area contributed by atoms with E-state index in [1.165, 1.54) is 6.20 Å². The Hall–Kier alpha value is -1.32. The molecular weight excluding hydrogens is 118 g/mol. The third-order valence-corrected chi connectivity index (χ3v) is 0.908. The number of hydrogen-bond acceptors (Lipinski definition) is 3. The highest BCUT2D eigenvalue weighted by molar-refractivity contribution is 4.76. The lowest BCUT2D eigenvalue weighted by atomic mass is 10.7. The molecule has 1 aromatic heterocycles. The number of aromatic nitrogens is 2. The van der Waals surface area contributed by atoms with Crippen molar-refractivity contribution in [3.63, 3.8) is 0 Å². The molecule has 0 aliphatic heterocycles. The van der Waals surface area contributed by atoms with Gasteiger partial charge in [-0.15, -0.1) is 0 Å². The molecule has 0 saturated heterocycles. The molecule has 1 rings (SSSR count). The van der Waals surface area contributed by atoms with E-state index in [2.05, 4.69) is 9.98 Å². The van der Waals surface area contributed by atoms with Gasteiger partial charge < -0.3 is 5.21 Å². The zero-order valence-corrected chi connectivity index (χ0v) is 5.02. The van der Waals surface area contributed by atoms with Crippen LogP contribution in [0.4, 0.5) is 0 Å². The smallest absolute Gasteiger partial charge is 0.257 e. The standard InChI is InChI=1S/C5H7N3O/c1-6-5-7-3-2-4-8(5)9/h2-4,9H,1H3. The normalized spacial score (nSPS) is 11.9. The summed E-state index contributed by atoms with van der Waals surface area (Å²) in [5.74, 6) is 0. The van der Waals surface area contributed by atoms with E-state index < -0.39 is 0 Å². The first-order valence-electron chi connectivity index (χ1n) is 2.50. The van der Waals surface area contributed by atoms with Crippen molar-refractivity contribution in [2.45, 2.75) is 0 Å². The summed E-state index contributed by atoms with van der Waals surface area (Å²) in [6.45, 7) is 0. The molecule has 1 heterocycles. The van der Waals surface area contributed by atoms with Crippen LogP contribution in [0.15, 0.2) is 23.5 Å². The predicted molar refractivity (Wildman–Crippen MR) is 30.9 cm³/mol. The molecule has 4 heteroatoms. The average molecular weight is 125 g/mol. The second-order valence-electron chi connectivity index (χ2n) is 1.49. The third kappa shape index (κ3) is 1.07. The first kappa shape index (κ1) is 5.81. The van der Waals surface area contributed by atoms with Gasteiger partial charge in [-0.05, 0) is 6.07 Å². The lowest BCUT2D eigenvalue weighted by Gasteiger charge is -1.91. The molecule has 0 saturated carbocycles. The van der Waals surface area contributed by atoms with E-state index in [0.717, 1.165) is 4.73 Å². The highest BCUT2D eigenvalue weighted by Crippen LogP contribution is 1.69. The van der Waals surface area contributed by atoms with Gasteiger partial charge in [-0.25, -0.2) is 4.98 Å². The maximum absolute atomic E-state index is 8.87. The maximum Gasteiger partial charge on any atom is 0.257 e. The lowest BCUT2D eigenvalue weighted by Crippen LogP contribution is -2.20. The zero-order chi connectivity index (χ0) is 6.69. The Balaban J connectivity index is 3.33. The largest absolute Gasteiger partial charge is 0.425 e. The quantitative estimate of drug-likeness (QED) is 0.482. The van der Waals surface area contributed by atoms with Gasteiger partial charge in [0.2, 0.25) is 0 Å². The molecule has 4 nitrogen and oxygen atoms in total. The highest BCUT2D eigenvalue weighted by atomic mass is 16.5. The molecule has 1 aromatic rings. The molecule has 1 N–H and O–H groups in total. The third-order valence-electron chi connectivity index (χ3n) is 0.908. The first-order chi connectivity index (χ1) is 4.34. The summed E-state index contributed by atoms with van der Waals surface area (Å²) >= 11 is 0. The minimum atomic E-state index is 0.303. The second kappa shape index (κ2) is 2.30. The summed E-state index contributed by atoms with van der Waals surface area (Å²) in [6.07, 6.45) is 3.03. The summed E-state index contributed by atoms with van der Waals surface area (Å²) in [4.78, 5) is 7.42. The van der Waals surface area contributed by atoms with Crippen molar-refractivity contribution in [1.29, 1.82) is 0 Å². The van der Waals surface area contributed by atoms with Crippen molar-refractivity contribution < 1.29 is 5.21 Å². The molecule has 0 radical (unpaired) electrons. The van der Waals surface area contributed by atoms with E-state index in [0.29, 0.717) is 5.62 Å². The van der Waals surface area contributed by atoms with Crippen molar-refractivity contribution >= 4 is 0 Å². The molecule has 9 heavy (non-hydrogen) atoms. The van der Waals surface area contributed by atoms with Crippen LogP contribution in [0.5, 0.6) is 0 Å². The summed E-state index contributed by atoms with van der Waals surface area (Å²) in [5.41, 5.74) is 0.303. The average Bonchev–Trinajstić information content (AvgIpc) is 1.89. The van der Waals surface area contributed by atoms with Gasteiger partial charge >= 0.3 is 0 Å². The van der Waals surface area contributed by atoms with E-state index in [4.69, 9.17) is 5.21 Å². The van der Waals surface area contributed by atoms with E-state index in [1.807, 2.05) is 0 Å². The van der Waals surface area contributed by atoms with E-state index in [1.54, 1.807) is 19.3 Å². The zero-order valence-electron chi connectivity index (χ0n) is 5.02. The van der Waals surface area contributed by atoms with Gasteiger partial charge in [-0.2, -0.15) is 4.73 Å². The molecule has 0 aliphatic carbocycles. The molecule has 0 aliphatic rings. The number of nitrogens with zero attached hydrogens (tertiary/aromatic N) is 3. The molecule has 0 bridgehead atoms. The maximum atomic E-state index is 8.87. The van der Waals surface area contributed by atoms with Gasteiger partial charge in [0.15, 0.2) is 0 Å². The van der Waals surface area contributed by atoms with Crippen LogP contribution in [0.25, 0.3) is 0 Å². The highest BCUT2D eigenvalue weighted by Gasteiger charge is 1.82. The monoisotopic (exact) mass is 125 g/mol. The topological polar surface area (TPSA) is 50.4 Å². The van der Waals surface area contributed by atoms with Gasteiger partial charge in [0.05, 0.1) is 0 Å². The number of rotatable bonds is 0. The Morgan fingerprint density at radius 1 is 1.78 bits per heavy atom. The Kier molecular flexibility index (Phi) is 1.48. The predicted octanol–water partition coefficient (Wildman–Crippen LogP) is -0.349. The van der Waals surface area contributed by atoms with Crippen molar-refractivity contribution in [2.24, 2.45) is 4.99 Å². The molecule has 0 amide bonds. The molecule has 0 aromatic carbocycles. The van der Waals surface area contributed by atoms with Crippen LogP contribution in [-0.4, -0.2) is 22.0 Å². The minimum absolute atomic E-state index is 0.303. The van der Waals surface area contributed by atoms with Gasteiger partial charge in [-0.3, -0.25) is 4.99 Å². The molecule has 0 spiro atoms. The van der Waals surface area contributed by atoms with E-state index >= 15 is 0 Å². The number of hydrogen-bond donors (Lipinski definition) is 1. The Morgan fingerprint density at radius 2 is 2.56 bits per heavy atom. The van der Waals surface area contributed by atoms with Crippen LogP contribution in [0.3, 0.4) is 0 Å². The molecule has 48 valence electrons. The summed E-state index contributed by atoms with van der Waals surface area (Å²) in [6, 6.07) is 1.62. The summed E-state index contributed by atoms with van der Waals surface area (Å²) < 4.78 is 0.861. The summed E-state index contributed by atoms with van der Waals surface area (Å²) in [7, 11) is 1.56. The van der Waals surface area contributed by atoms with Gasteiger partial charge in [-0.1, -0.05) is 0 Å². The van der Waals surface area contributed by atoms with Crippen molar-refractivity contribution in [3.8, 4) is 0 Å². The fraction of sp³-hybridized carbons (Fsp3) is 0.200. The van der Waals surface area contributed by atoms with Gasteiger partial charge in [0, 0.05) is 19.4 Å². The summed E-state index contributed by atoms with van der Waals surface area (Å²) in [5, 5.41) is 8.87. The molecular formula is C5H7N3O. The van der Waals surface area contributed by atoms with Crippen LogP contribution < -0.4 is 5.62 Å². The SMILES string of the molecule is CN=c1ncccn1O. The van der Waals surface area contributed by atoms with E-state index in [-0.39, 0.29) is 0 Å². The van der Waals surface area contributed by atoms with Crippen LogP contribution >= 0.6 is 0 Å². The van der Waals surface area contributed by atoms with Gasteiger partial charge in [0.25, 0.3) is 5.62 Å². The fourth-order valence-electron chi connectivity index (χ4n) is 0.516.